The molecule has 0 atom stereocenters. The van der Waals surface area contributed by atoms with Gasteiger partial charge in [-0.05, 0) is 67.3 Å². The van der Waals surface area contributed by atoms with E-state index in [1.165, 1.54) is 16.0 Å². The summed E-state index contributed by atoms with van der Waals surface area (Å²) in [6, 6.07) is 12.2. The maximum Gasteiger partial charge on any atom is 0.225 e. The first-order chi connectivity index (χ1) is 12.4. The van der Waals surface area contributed by atoms with Crippen molar-refractivity contribution in [3.63, 3.8) is 0 Å². The number of amides is 2. The number of fused-ring (bicyclic) bond motifs is 1. The number of anilines is 2. The van der Waals surface area contributed by atoms with Crippen molar-refractivity contribution in [1.29, 1.82) is 0 Å². The van der Waals surface area contributed by atoms with Gasteiger partial charge < -0.3 is 10.2 Å². The van der Waals surface area contributed by atoms with E-state index in [2.05, 4.69) is 37.4 Å². The van der Waals surface area contributed by atoms with E-state index in [1.54, 1.807) is 23.6 Å². The molecule has 0 spiro atoms. The molecule has 0 saturated heterocycles. The number of hydrogen-bond acceptors (Lipinski definition) is 3. The average Bonchev–Trinajstić information content (AvgIpc) is 3.01. The quantitative estimate of drug-likeness (QED) is 0.799. The zero-order valence-electron chi connectivity index (χ0n) is 15.5. The minimum absolute atomic E-state index is 0.0164. The van der Waals surface area contributed by atoms with Gasteiger partial charge in [0.05, 0.1) is 0 Å². The van der Waals surface area contributed by atoms with E-state index in [4.69, 9.17) is 0 Å². The predicted octanol–water partition coefficient (Wildman–Crippen LogP) is 4.33. The van der Waals surface area contributed by atoms with E-state index in [1.807, 2.05) is 18.2 Å². The molecule has 136 valence electrons. The Labute approximate surface area is 159 Å². The molecule has 0 radical (unpaired) electrons. The van der Waals surface area contributed by atoms with Crippen molar-refractivity contribution in [3.05, 3.63) is 53.1 Å². The number of nitrogens with one attached hydrogen (secondary N) is 1. The molecule has 0 aromatic heterocycles. The van der Waals surface area contributed by atoms with Gasteiger partial charge in [-0.15, -0.1) is 11.8 Å². The van der Waals surface area contributed by atoms with Crippen LogP contribution in [0.4, 0.5) is 11.4 Å². The van der Waals surface area contributed by atoms with Crippen molar-refractivity contribution in [1.82, 2.24) is 0 Å². The van der Waals surface area contributed by atoms with Gasteiger partial charge in [0, 0.05) is 41.9 Å². The molecule has 1 aliphatic rings. The molecule has 3 rings (SSSR count). The summed E-state index contributed by atoms with van der Waals surface area (Å²) >= 11 is 1.70. The van der Waals surface area contributed by atoms with Crippen molar-refractivity contribution in [2.24, 2.45) is 0 Å². The zero-order valence-corrected chi connectivity index (χ0v) is 16.3. The lowest BCUT2D eigenvalue weighted by molar-refractivity contribution is -0.117. The summed E-state index contributed by atoms with van der Waals surface area (Å²) in [5.41, 5.74) is 5.43. The SMILES string of the molecule is CC(=O)N1CCc2cc(NC(=O)CCSc3ccc(C)c(C)c3)ccc21. The molecule has 26 heavy (non-hydrogen) atoms. The standard InChI is InChI=1S/C21H24N2O2S/c1-14-4-6-19(12-15(14)2)26-11-9-21(25)22-18-5-7-20-17(13-18)8-10-23(20)16(3)24/h4-7,12-13H,8-11H2,1-3H3,(H,22,25). The molecular formula is C21H24N2O2S. The molecule has 2 amide bonds. The van der Waals surface area contributed by atoms with E-state index in [9.17, 15) is 9.59 Å². The first-order valence-corrected chi connectivity index (χ1v) is 9.83. The summed E-state index contributed by atoms with van der Waals surface area (Å²) in [6.45, 7) is 6.50. The first kappa shape index (κ1) is 18.5. The fourth-order valence-electron chi connectivity index (χ4n) is 3.10. The van der Waals surface area contributed by atoms with Crippen LogP contribution in [0.15, 0.2) is 41.3 Å². The van der Waals surface area contributed by atoms with Crippen LogP contribution >= 0.6 is 11.8 Å². The highest BCUT2D eigenvalue weighted by molar-refractivity contribution is 7.99. The predicted molar refractivity (Wildman–Crippen MR) is 108 cm³/mol. The van der Waals surface area contributed by atoms with Crippen molar-refractivity contribution in [2.45, 2.75) is 38.5 Å². The smallest absolute Gasteiger partial charge is 0.225 e. The highest BCUT2D eigenvalue weighted by Crippen LogP contribution is 2.30. The molecule has 1 aliphatic heterocycles. The van der Waals surface area contributed by atoms with Crippen LogP contribution in [-0.2, 0) is 16.0 Å². The van der Waals surface area contributed by atoms with Crippen LogP contribution in [0.25, 0.3) is 0 Å². The number of carbonyl (C=O) groups is 2. The first-order valence-electron chi connectivity index (χ1n) is 8.85. The molecule has 4 nitrogen and oxygen atoms in total. The van der Waals surface area contributed by atoms with Crippen molar-refractivity contribution >= 4 is 35.0 Å². The number of carbonyl (C=O) groups excluding carboxylic acids is 2. The van der Waals surface area contributed by atoms with Crippen molar-refractivity contribution in [2.75, 3.05) is 22.5 Å². The Morgan fingerprint density at radius 3 is 2.65 bits per heavy atom. The number of benzene rings is 2. The number of thioether (sulfide) groups is 1. The lowest BCUT2D eigenvalue weighted by Gasteiger charge is -2.15. The second-order valence-electron chi connectivity index (χ2n) is 6.66. The Morgan fingerprint density at radius 2 is 1.92 bits per heavy atom. The van der Waals surface area contributed by atoms with E-state index in [0.29, 0.717) is 13.0 Å². The average molecular weight is 369 g/mol. The van der Waals surface area contributed by atoms with Gasteiger partial charge >= 0.3 is 0 Å². The van der Waals surface area contributed by atoms with Crippen LogP contribution in [0, 0.1) is 13.8 Å². The molecule has 2 aromatic rings. The van der Waals surface area contributed by atoms with E-state index >= 15 is 0 Å². The molecular weight excluding hydrogens is 344 g/mol. The zero-order chi connectivity index (χ0) is 18.7. The van der Waals surface area contributed by atoms with Gasteiger partial charge in [0.2, 0.25) is 11.8 Å². The highest BCUT2D eigenvalue weighted by atomic mass is 32.2. The summed E-state index contributed by atoms with van der Waals surface area (Å²) in [6.07, 6.45) is 1.30. The maximum atomic E-state index is 12.2. The Kier molecular flexibility index (Phi) is 5.67. The minimum atomic E-state index is 0.0164. The Morgan fingerprint density at radius 1 is 1.12 bits per heavy atom. The minimum Gasteiger partial charge on any atom is -0.326 e. The van der Waals surface area contributed by atoms with Gasteiger partial charge in [0.25, 0.3) is 0 Å². The molecule has 0 aliphatic carbocycles. The molecule has 1 N–H and O–H groups in total. The second kappa shape index (κ2) is 7.96. The molecule has 1 heterocycles. The van der Waals surface area contributed by atoms with Crippen molar-refractivity contribution in [3.8, 4) is 0 Å². The summed E-state index contributed by atoms with van der Waals surface area (Å²) < 4.78 is 0. The van der Waals surface area contributed by atoms with E-state index < -0.39 is 0 Å². The third-order valence-electron chi connectivity index (χ3n) is 4.72. The number of rotatable bonds is 5. The van der Waals surface area contributed by atoms with Crippen LogP contribution in [0.3, 0.4) is 0 Å². The maximum absolute atomic E-state index is 12.2. The Hall–Kier alpha value is -2.27. The third-order valence-corrected chi connectivity index (χ3v) is 5.71. The highest BCUT2D eigenvalue weighted by Gasteiger charge is 2.22. The summed E-state index contributed by atoms with van der Waals surface area (Å²) in [7, 11) is 0. The monoisotopic (exact) mass is 368 g/mol. The van der Waals surface area contributed by atoms with Gasteiger partial charge in [-0.25, -0.2) is 0 Å². The van der Waals surface area contributed by atoms with Crippen LogP contribution in [0.2, 0.25) is 0 Å². The molecule has 0 unspecified atom stereocenters. The molecule has 0 fully saturated rings. The number of aryl methyl sites for hydroxylation is 2. The van der Waals surface area contributed by atoms with Crippen molar-refractivity contribution < 1.29 is 9.59 Å². The van der Waals surface area contributed by atoms with E-state index in [-0.39, 0.29) is 11.8 Å². The van der Waals surface area contributed by atoms with Crippen LogP contribution < -0.4 is 10.2 Å². The van der Waals surface area contributed by atoms with E-state index in [0.717, 1.165) is 29.1 Å². The fourth-order valence-corrected chi connectivity index (χ4v) is 4.04. The summed E-state index contributed by atoms with van der Waals surface area (Å²) in [5.74, 6) is 0.823. The van der Waals surface area contributed by atoms with Gasteiger partial charge in [-0.1, -0.05) is 6.07 Å². The van der Waals surface area contributed by atoms with Gasteiger partial charge in [0.15, 0.2) is 0 Å². The Balaban J connectivity index is 1.52. The summed E-state index contributed by atoms with van der Waals surface area (Å²) in [4.78, 5) is 26.8. The van der Waals surface area contributed by atoms with Gasteiger partial charge in [-0.2, -0.15) is 0 Å². The van der Waals surface area contributed by atoms with Crippen LogP contribution in [0.1, 0.15) is 30.0 Å². The molecule has 2 aromatic carbocycles. The normalized spacial score (nSPS) is 12.8. The summed E-state index contributed by atoms with van der Waals surface area (Å²) in [5, 5.41) is 2.97. The fraction of sp³-hybridized carbons (Fsp3) is 0.333. The Bertz CT molecular complexity index is 848. The lowest BCUT2D eigenvalue weighted by atomic mass is 10.1. The topological polar surface area (TPSA) is 49.4 Å². The van der Waals surface area contributed by atoms with Gasteiger partial charge in [0.1, 0.15) is 0 Å². The van der Waals surface area contributed by atoms with Gasteiger partial charge in [-0.3, -0.25) is 9.59 Å². The second-order valence-corrected chi connectivity index (χ2v) is 7.83. The largest absolute Gasteiger partial charge is 0.326 e. The molecule has 5 heteroatoms. The molecule has 0 saturated carbocycles. The lowest BCUT2D eigenvalue weighted by Crippen LogP contribution is -2.25. The number of nitrogens with zero attached hydrogens (tertiary/aromatic N) is 1. The van der Waals surface area contributed by atoms with Crippen LogP contribution in [0.5, 0.6) is 0 Å². The molecule has 0 bridgehead atoms. The third kappa shape index (κ3) is 4.28. The van der Waals surface area contributed by atoms with Crippen LogP contribution in [-0.4, -0.2) is 24.1 Å². The number of hydrogen-bond donors (Lipinski definition) is 1.